The fraction of sp³-hybridized carbons (Fsp3) is 0.308. The monoisotopic (exact) mass is 237 g/mol. The Morgan fingerprint density at radius 3 is 2.71 bits per heavy atom. The van der Waals surface area contributed by atoms with Crippen LogP contribution in [0.4, 0.5) is 4.39 Å². The van der Waals surface area contributed by atoms with E-state index in [1.807, 2.05) is 13.8 Å². The number of hydrogen-bond donors (Lipinski definition) is 1. The van der Waals surface area contributed by atoms with Crippen LogP contribution in [0.3, 0.4) is 0 Å². The maximum absolute atomic E-state index is 13.3. The number of ether oxygens (including phenoxy) is 1. The zero-order valence-corrected chi connectivity index (χ0v) is 10.2. The number of carbonyl (C=O) groups is 1. The highest BCUT2D eigenvalue weighted by molar-refractivity contribution is 5.91. The Morgan fingerprint density at radius 2 is 2.18 bits per heavy atom. The topological polar surface area (TPSA) is 38.3 Å². The number of amides is 1. The molecule has 92 valence electrons. The lowest BCUT2D eigenvalue weighted by atomic mass is 10.2. The molecule has 17 heavy (non-hydrogen) atoms. The average Bonchev–Trinajstić information content (AvgIpc) is 2.25. The molecule has 1 rings (SSSR count). The van der Waals surface area contributed by atoms with Gasteiger partial charge in [0.15, 0.2) is 11.6 Å². The van der Waals surface area contributed by atoms with Gasteiger partial charge in [-0.15, -0.1) is 0 Å². The van der Waals surface area contributed by atoms with Crippen molar-refractivity contribution in [1.82, 2.24) is 5.32 Å². The molecule has 1 N–H and O–H groups in total. The summed E-state index contributed by atoms with van der Waals surface area (Å²) < 4.78 is 18.1. The maximum atomic E-state index is 13.3. The molecule has 0 atom stereocenters. The molecule has 1 aromatic rings. The van der Waals surface area contributed by atoms with Crippen LogP contribution in [0.25, 0.3) is 6.08 Å². The van der Waals surface area contributed by atoms with E-state index in [0.29, 0.717) is 5.56 Å². The van der Waals surface area contributed by atoms with Gasteiger partial charge in [-0.25, -0.2) is 4.39 Å². The molecule has 0 unspecified atom stereocenters. The van der Waals surface area contributed by atoms with E-state index in [1.54, 1.807) is 12.1 Å². The summed E-state index contributed by atoms with van der Waals surface area (Å²) in [5.74, 6) is -0.455. The Hall–Kier alpha value is -1.84. The second kappa shape index (κ2) is 6.03. The zero-order valence-electron chi connectivity index (χ0n) is 10.2. The number of rotatable bonds is 4. The first-order valence-electron chi connectivity index (χ1n) is 5.35. The number of carbonyl (C=O) groups excluding carboxylic acids is 1. The van der Waals surface area contributed by atoms with Crippen LogP contribution in [0.15, 0.2) is 24.3 Å². The van der Waals surface area contributed by atoms with Gasteiger partial charge in [-0.1, -0.05) is 6.07 Å². The fourth-order valence-corrected chi connectivity index (χ4v) is 1.29. The van der Waals surface area contributed by atoms with Crippen LogP contribution in [0.5, 0.6) is 5.75 Å². The quantitative estimate of drug-likeness (QED) is 0.816. The Kier molecular flexibility index (Phi) is 4.69. The summed E-state index contributed by atoms with van der Waals surface area (Å²) in [6.45, 7) is 3.75. The highest BCUT2D eigenvalue weighted by Crippen LogP contribution is 2.18. The fourth-order valence-electron chi connectivity index (χ4n) is 1.29. The molecule has 0 saturated carbocycles. The number of halogens is 1. The van der Waals surface area contributed by atoms with Crippen LogP contribution in [-0.2, 0) is 4.79 Å². The molecule has 0 aliphatic rings. The summed E-state index contributed by atoms with van der Waals surface area (Å²) in [5, 5.41) is 2.71. The summed E-state index contributed by atoms with van der Waals surface area (Å²) in [5.41, 5.74) is 0.613. The van der Waals surface area contributed by atoms with Crippen molar-refractivity contribution < 1.29 is 13.9 Å². The highest BCUT2D eigenvalue weighted by atomic mass is 19.1. The maximum Gasteiger partial charge on any atom is 0.244 e. The van der Waals surface area contributed by atoms with Crippen molar-refractivity contribution in [2.45, 2.75) is 19.9 Å². The van der Waals surface area contributed by atoms with Crippen molar-refractivity contribution >= 4 is 12.0 Å². The van der Waals surface area contributed by atoms with Gasteiger partial charge in [0, 0.05) is 12.1 Å². The van der Waals surface area contributed by atoms with Gasteiger partial charge in [0.2, 0.25) is 5.91 Å². The lowest BCUT2D eigenvalue weighted by molar-refractivity contribution is -0.116. The lowest BCUT2D eigenvalue weighted by Crippen LogP contribution is -2.28. The lowest BCUT2D eigenvalue weighted by Gasteiger charge is -2.04. The van der Waals surface area contributed by atoms with Crippen molar-refractivity contribution in [3.8, 4) is 5.75 Å². The minimum absolute atomic E-state index is 0.0831. The van der Waals surface area contributed by atoms with E-state index < -0.39 is 5.82 Å². The number of nitrogens with one attached hydrogen (secondary N) is 1. The van der Waals surface area contributed by atoms with Crippen molar-refractivity contribution in [2.75, 3.05) is 7.11 Å². The first kappa shape index (κ1) is 13.2. The van der Waals surface area contributed by atoms with Crippen LogP contribution < -0.4 is 10.1 Å². The molecular weight excluding hydrogens is 221 g/mol. The van der Waals surface area contributed by atoms with Crippen LogP contribution in [0.1, 0.15) is 19.4 Å². The van der Waals surface area contributed by atoms with Gasteiger partial charge in [0.25, 0.3) is 0 Å². The van der Waals surface area contributed by atoms with Crippen LogP contribution in [0.2, 0.25) is 0 Å². The molecule has 0 bridgehead atoms. The third-order valence-corrected chi connectivity index (χ3v) is 2.03. The summed E-state index contributed by atoms with van der Waals surface area (Å²) in [6, 6.07) is 4.61. The van der Waals surface area contributed by atoms with E-state index in [4.69, 9.17) is 4.74 Å². The van der Waals surface area contributed by atoms with E-state index in [2.05, 4.69) is 5.32 Å². The standard InChI is InChI=1S/C13H16FNO2/c1-9(2)15-13(16)7-5-10-4-6-12(17-3)11(14)8-10/h4-9H,1-3H3,(H,15,16). The minimum Gasteiger partial charge on any atom is -0.494 e. The van der Waals surface area contributed by atoms with E-state index in [-0.39, 0.29) is 17.7 Å². The Labute approximate surface area is 100 Å². The Bertz CT molecular complexity index is 427. The number of methoxy groups -OCH3 is 1. The molecule has 0 radical (unpaired) electrons. The van der Waals surface area contributed by atoms with E-state index in [0.717, 1.165) is 0 Å². The number of benzene rings is 1. The van der Waals surface area contributed by atoms with Crippen LogP contribution in [-0.4, -0.2) is 19.1 Å². The minimum atomic E-state index is -0.445. The summed E-state index contributed by atoms with van der Waals surface area (Å²) in [4.78, 5) is 11.3. The molecule has 0 spiro atoms. The number of hydrogen-bond acceptors (Lipinski definition) is 2. The first-order valence-corrected chi connectivity index (χ1v) is 5.35. The van der Waals surface area contributed by atoms with Crippen molar-refractivity contribution in [3.63, 3.8) is 0 Å². The van der Waals surface area contributed by atoms with Crippen LogP contribution >= 0.6 is 0 Å². The van der Waals surface area contributed by atoms with Gasteiger partial charge < -0.3 is 10.1 Å². The summed E-state index contributed by atoms with van der Waals surface area (Å²) >= 11 is 0. The molecule has 0 fully saturated rings. The van der Waals surface area contributed by atoms with Gasteiger partial charge in [-0.3, -0.25) is 4.79 Å². The van der Waals surface area contributed by atoms with E-state index in [1.165, 1.54) is 25.3 Å². The van der Waals surface area contributed by atoms with E-state index in [9.17, 15) is 9.18 Å². The molecule has 3 nitrogen and oxygen atoms in total. The Morgan fingerprint density at radius 1 is 1.47 bits per heavy atom. The van der Waals surface area contributed by atoms with Crippen molar-refractivity contribution in [2.24, 2.45) is 0 Å². The SMILES string of the molecule is COc1ccc(C=CC(=O)NC(C)C)cc1F. The molecule has 0 aliphatic heterocycles. The molecule has 0 aromatic heterocycles. The van der Waals surface area contributed by atoms with E-state index >= 15 is 0 Å². The molecule has 0 saturated heterocycles. The average molecular weight is 237 g/mol. The zero-order chi connectivity index (χ0) is 12.8. The van der Waals surface area contributed by atoms with Gasteiger partial charge >= 0.3 is 0 Å². The highest BCUT2D eigenvalue weighted by Gasteiger charge is 2.02. The molecule has 1 aromatic carbocycles. The third kappa shape index (κ3) is 4.26. The predicted molar refractivity (Wildman–Crippen MR) is 65.3 cm³/mol. The summed E-state index contributed by atoms with van der Waals surface area (Å²) in [7, 11) is 1.41. The third-order valence-electron chi connectivity index (χ3n) is 2.03. The first-order chi connectivity index (χ1) is 8.02. The molecule has 0 heterocycles. The smallest absolute Gasteiger partial charge is 0.244 e. The van der Waals surface area contributed by atoms with Crippen molar-refractivity contribution in [1.29, 1.82) is 0 Å². The molecule has 0 aliphatic carbocycles. The largest absolute Gasteiger partial charge is 0.494 e. The summed E-state index contributed by atoms with van der Waals surface area (Å²) in [6.07, 6.45) is 2.93. The van der Waals surface area contributed by atoms with Gasteiger partial charge in [0.1, 0.15) is 0 Å². The molecule has 4 heteroatoms. The second-order valence-electron chi connectivity index (χ2n) is 3.89. The van der Waals surface area contributed by atoms with Gasteiger partial charge in [0.05, 0.1) is 7.11 Å². The van der Waals surface area contributed by atoms with Gasteiger partial charge in [-0.2, -0.15) is 0 Å². The predicted octanol–water partition coefficient (Wildman–Crippen LogP) is 2.37. The molecular formula is C13H16FNO2. The Balaban J connectivity index is 2.72. The van der Waals surface area contributed by atoms with Gasteiger partial charge in [-0.05, 0) is 37.6 Å². The van der Waals surface area contributed by atoms with Crippen LogP contribution in [0, 0.1) is 5.82 Å². The second-order valence-corrected chi connectivity index (χ2v) is 3.89. The van der Waals surface area contributed by atoms with Crippen molar-refractivity contribution in [3.05, 3.63) is 35.7 Å². The normalized spacial score (nSPS) is 10.9. The molecule has 1 amide bonds.